The van der Waals surface area contributed by atoms with Crippen LogP contribution in [0, 0.1) is 0 Å². The van der Waals surface area contributed by atoms with Crippen molar-refractivity contribution in [3.63, 3.8) is 0 Å². The van der Waals surface area contributed by atoms with E-state index in [1.54, 1.807) is 6.92 Å². The molecule has 0 saturated carbocycles. The minimum absolute atomic E-state index is 0.123. The molecule has 1 rings (SSSR count). The molecule has 2 atom stereocenters. The van der Waals surface area contributed by atoms with Gasteiger partial charge in [0.1, 0.15) is 0 Å². The SMILES string of the molecule is CCN(CC)c1noc(C(C)C(C)O)n1. The Labute approximate surface area is 90.1 Å². The summed E-state index contributed by atoms with van der Waals surface area (Å²) in [5.41, 5.74) is 0. The highest BCUT2D eigenvalue weighted by atomic mass is 16.5. The summed E-state index contributed by atoms with van der Waals surface area (Å²) in [5.74, 6) is 0.969. The number of hydrogen-bond donors (Lipinski definition) is 1. The van der Waals surface area contributed by atoms with Crippen molar-refractivity contribution in [2.24, 2.45) is 0 Å². The first-order chi connectivity index (χ1) is 7.10. The van der Waals surface area contributed by atoms with Crippen LogP contribution in [0.25, 0.3) is 0 Å². The summed E-state index contributed by atoms with van der Waals surface area (Å²) in [6, 6.07) is 0. The highest BCUT2D eigenvalue weighted by Gasteiger charge is 2.20. The zero-order chi connectivity index (χ0) is 11.4. The van der Waals surface area contributed by atoms with E-state index in [1.165, 1.54) is 0 Å². The number of aromatic nitrogens is 2. The summed E-state index contributed by atoms with van der Waals surface area (Å²) >= 11 is 0. The lowest BCUT2D eigenvalue weighted by atomic mass is 10.1. The van der Waals surface area contributed by atoms with E-state index < -0.39 is 6.10 Å². The average molecular weight is 213 g/mol. The maximum atomic E-state index is 9.40. The van der Waals surface area contributed by atoms with Gasteiger partial charge in [-0.25, -0.2) is 0 Å². The van der Waals surface area contributed by atoms with E-state index >= 15 is 0 Å². The maximum Gasteiger partial charge on any atom is 0.266 e. The van der Waals surface area contributed by atoms with Gasteiger partial charge in [0.25, 0.3) is 5.95 Å². The van der Waals surface area contributed by atoms with E-state index in [9.17, 15) is 5.11 Å². The monoisotopic (exact) mass is 213 g/mol. The Kier molecular flexibility index (Phi) is 4.08. The van der Waals surface area contributed by atoms with Gasteiger partial charge >= 0.3 is 0 Å². The number of rotatable bonds is 5. The van der Waals surface area contributed by atoms with Crippen LogP contribution in [-0.2, 0) is 0 Å². The predicted molar refractivity (Wildman–Crippen MR) is 58.0 cm³/mol. The van der Waals surface area contributed by atoms with Crippen molar-refractivity contribution >= 4 is 5.95 Å². The molecule has 5 heteroatoms. The van der Waals surface area contributed by atoms with Crippen molar-refractivity contribution in [3.05, 3.63) is 5.89 Å². The van der Waals surface area contributed by atoms with Gasteiger partial charge in [0.15, 0.2) is 0 Å². The van der Waals surface area contributed by atoms with Gasteiger partial charge in [0.2, 0.25) is 5.89 Å². The zero-order valence-corrected chi connectivity index (χ0v) is 9.77. The van der Waals surface area contributed by atoms with E-state index in [0.717, 1.165) is 13.1 Å². The topological polar surface area (TPSA) is 62.4 Å². The van der Waals surface area contributed by atoms with Crippen molar-refractivity contribution in [2.45, 2.75) is 39.7 Å². The minimum Gasteiger partial charge on any atom is -0.393 e. The molecule has 0 radical (unpaired) electrons. The summed E-state index contributed by atoms with van der Waals surface area (Å²) in [4.78, 5) is 6.26. The Bertz CT molecular complexity index is 278. The summed E-state index contributed by atoms with van der Waals surface area (Å²) in [7, 11) is 0. The largest absolute Gasteiger partial charge is 0.393 e. The Balaban J connectivity index is 2.79. The molecule has 15 heavy (non-hydrogen) atoms. The second-order valence-electron chi connectivity index (χ2n) is 3.63. The third kappa shape index (κ3) is 2.68. The molecular weight excluding hydrogens is 194 g/mol. The summed E-state index contributed by atoms with van der Waals surface area (Å²) < 4.78 is 5.11. The number of hydrogen-bond acceptors (Lipinski definition) is 5. The van der Waals surface area contributed by atoms with Crippen LogP contribution in [0.4, 0.5) is 5.95 Å². The van der Waals surface area contributed by atoms with Crippen LogP contribution >= 0.6 is 0 Å². The molecule has 1 aromatic heterocycles. The molecule has 0 aliphatic carbocycles. The Morgan fingerprint density at radius 2 is 1.93 bits per heavy atom. The van der Waals surface area contributed by atoms with Crippen LogP contribution in [0.1, 0.15) is 39.5 Å². The Morgan fingerprint density at radius 3 is 2.40 bits per heavy atom. The van der Waals surface area contributed by atoms with Crippen LogP contribution < -0.4 is 4.90 Å². The number of nitrogens with zero attached hydrogens (tertiary/aromatic N) is 3. The number of aliphatic hydroxyl groups is 1. The first-order valence-corrected chi connectivity index (χ1v) is 5.36. The van der Waals surface area contributed by atoms with Crippen molar-refractivity contribution in [1.82, 2.24) is 10.1 Å². The normalized spacial score (nSPS) is 15.0. The summed E-state index contributed by atoms with van der Waals surface area (Å²) in [5, 5.41) is 13.3. The molecule has 0 aromatic carbocycles. The minimum atomic E-state index is -0.477. The van der Waals surface area contributed by atoms with Gasteiger partial charge in [0, 0.05) is 13.1 Å². The molecule has 0 saturated heterocycles. The molecule has 5 nitrogen and oxygen atoms in total. The number of aliphatic hydroxyl groups excluding tert-OH is 1. The van der Waals surface area contributed by atoms with Crippen molar-refractivity contribution in [1.29, 1.82) is 0 Å². The zero-order valence-electron chi connectivity index (χ0n) is 9.77. The second kappa shape index (κ2) is 5.11. The maximum absolute atomic E-state index is 9.40. The van der Waals surface area contributed by atoms with Crippen LogP contribution in [0.2, 0.25) is 0 Å². The highest BCUT2D eigenvalue weighted by molar-refractivity contribution is 5.27. The lowest BCUT2D eigenvalue weighted by molar-refractivity contribution is 0.151. The van der Waals surface area contributed by atoms with Crippen molar-refractivity contribution in [3.8, 4) is 0 Å². The third-order valence-electron chi connectivity index (χ3n) is 2.59. The molecule has 0 amide bonds. The molecule has 1 N–H and O–H groups in total. The average Bonchev–Trinajstić information content (AvgIpc) is 2.67. The standard InChI is InChI=1S/C10H19N3O2/c1-5-13(6-2)10-11-9(15-12-10)7(3)8(4)14/h7-8,14H,5-6H2,1-4H3. The van der Waals surface area contributed by atoms with Gasteiger partial charge in [-0.2, -0.15) is 4.98 Å². The van der Waals surface area contributed by atoms with Gasteiger partial charge in [-0.1, -0.05) is 6.92 Å². The van der Waals surface area contributed by atoms with Crippen LogP contribution in [0.3, 0.4) is 0 Å². The van der Waals surface area contributed by atoms with Crippen LogP contribution in [0.5, 0.6) is 0 Å². The molecule has 86 valence electrons. The Morgan fingerprint density at radius 1 is 1.33 bits per heavy atom. The van der Waals surface area contributed by atoms with Crippen LogP contribution in [0.15, 0.2) is 4.52 Å². The van der Waals surface area contributed by atoms with E-state index in [-0.39, 0.29) is 5.92 Å². The van der Waals surface area contributed by atoms with Gasteiger partial charge in [0.05, 0.1) is 12.0 Å². The van der Waals surface area contributed by atoms with Gasteiger partial charge < -0.3 is 14.5 Å². The van der Waals surface area contributed by atoms with Gasteiger partial charge in [-0.3, -0.25) is 0 Å². The molecule has 0 aliphatic rings. The molecule has 1 heterocycles. The molecule has 2 unspecified atom stereocenters. The van der Waals surface area contributed by atoms with E-state index in [2.05, 4.69) is 10.1 Å². The smallest absolute Gasteiger partial charge is 0.266 e. The van der Waals surface area contributed by atoms with Gasteiger partial charge in [-0.15, -0.1) is 0 Å². The first-order valence-electron chi connectivity index (χ1n) is 5.36. The van der Waals surface area contributed by atoms with Crippen LogP contribution in [-0.4, -0.2) is 34.4 Å². The van der Waals surface area contributed by atoms with Crippen molar-refractivity contribution < 1.29 is 9.63 Å². The quantitative estimate of drug-likeness (QED) is 0.801. The van der Waals surface area contributed by atoms with E-state index in [0.29, 0.717) is 11.8 Å². The second-order valence-corrected chi connectivity index (χ2v) is 3.63. The molecule has 0 spiro atoms. The lowest BCUT2D eigenvalue weighted by Crippen LogP contribution is -2.23. The molecule has 1 aromatic rings. The fraction of sp³-hybridized carbons (Fsp3) is 0.800. The predicted octanol–water partition coefficient (Wildman–Crippen LogP) is 1.40. The fourth-order valence-corrected chi connectivity index (χ4v) is 1.25. The first kappa shape index (κ1) is 12.0. The lowest BCUT2D eigenvalue weighted by Gasteiger charge is -2.14. The third-order valence-corrected chi connectivity index (χ3v) is 2.59. The Hall–Kier alpha value is -1.10. The van der Waals surface area contributed by atoms with Crippen molar-refractivity contribution in [2.75, 3.05) is 18.0 Å². The molecule has 0 bridgehead atoms. The molecular formula is C10H19N3O2. The van der Waals surface area contributed by atoms with E-state index in [4.69, 9.17) is 4.52 Å². The van der Waals surface area contributed by atoms with Gasteiger partial charge in [-0.05, 0) is 25.9 Å². The molecule has 0 aliphatic heterocycles. The fourth-order valence-electron chi connectivity index (χ4n) is 1.25. The summed E-state index contributed by atoms with van der Waals surface area (Å²) in [6.07, 6.45) is -0.477. The number of anilines is 1. The van der Waals surface area contributed by atoms with E-state index in [1.807, 2.05) is 25.7 Å². The molecule has 0 fully saturated rings. The summed E-state index contributed by atoms with van der Waals surface area (Å²) in [6.45, 7) is 9.35. The highest BCUT2D eigenvalue weighted by Crippen LogP contribution is 2.19.